The average molecular weight is 372 g/mol. The summed E-state index contributed by atoms with van der Waals surface area (Å²) in [5, 5.41) is 0. The number of para-hydroxylation sites is 1. The molecule has 0 saturated heterocycles. The van der Waals surface area contributed by atoms with Crippen molar-refractivity contribution in [2.75, 3.05) is 22.0 Å². The molecule has 3 rings (SSSR count). The third-order valence-corrected chi connectivity index (χ3v) is 6.13. The molecule has 0 aliphatic carbocycles. The highest BCUT2D eigenvalue weighted by Crippen LogP contribution is 2.32. The number of carbonyl (C=O) groups is 1. The predicted molar refractivity (Wildman–Crippen MR) is 105 cm³/mol. The van der Waals surface area contributed by atoms with Crippen molar-refractivity contribution in [3.8, 4) is 0 Å². The number of fused-ring (bicyclic) bond motifs is 1. The summed E-state index contributed by atoms with van der Waals surface area (Å²) in [6, 6.07) is 13.3. The van der Waals surface area contributed by atoms with Crippen molar-refractivity contribution in [3.05, 3.63) is 59.2 Å². The SMILES string of the molecule is Cc1cccc(N(CC(=O)N2c3ccccc3CC2C)S(C)(=O)=O)c1C. The first kappa shape index (κ1) is 18.5. The molecule has 1 aliphatic heterocycles. The van der Waals surface area contributed by atoms with Crippen LogP contribution >= 0.6 is 0 Å². The van der Waals surface area contributed by atoms with E-state index in [4.69, 9.17) is 0 Å². The fourth-order valence-corrected chi connectivity index (χ4v) is 4.43. The molecule has 0 fully saturated rings. The van der Waals surface area contributed by atoms with Crippen molar-refractivity contribution in [3.63, 3.8) is 0 Å². The van der Waals surface area contributed by atoms with Crippen LogP contribution in [0.5, 0.6) is 0 Å². The van der Waals surface area contributed by atoms with Crippen LogP contribution in [0.3, 0.4) is 0 Å². The molecule has 0 aromatic heterocycles. The van der Waals surface area contributed by atoms with Crippen LogP contribution in [0.25, 0.3) is 0 Å². The smallest absolute Gasteiger partial charge is 0.248 e. The van der Waals surface area contributed by atoms with Gasteiger partial charge in [0.15, 0.2) is 0 Å². The van der Waals surface area contributed by atoms with E-state index in [9.17, 15) is 13.2 Å². The van der Waals surface area contributed by atoms with Crippen molar-refractivity contribution in [1.29, 1.82) is 0 Å². The van der Waals surface area contributed by atoms with Gasteiger partial charge in [-0.05, 0) is 56.0 Å². The highest BCUT2D eigenvalue weighted by Gasteiger charge is 2.33. The Balaban J connectivity index is 1.96. The Morgan fingerprint density at radius 2 is 1.85 bits per heavy atom. The monoisotopic (exact) mass is 372 g/mol. The number of hydrogen-bond acceptors (Lipinski definition) is 3. The maximum absolute atomic E-state index is 13.1. The summed E-state index contributed by atoms with van der Waals surface area (Å²) in [5.74, 6) is -0.214. The van der Waals surface area contributed by atoms with Crippen molar-refractivity contribution in [2.45, 2.75) is 33.2 Å². The Hall–Kier alpha value is -2.34. The summed E-state index contributed by atoms with van der Waals surface area (Å²) >= 11 is 0. The predicted octanol–water partition coefficient (Wildman–Crippen LogP) is 3.05. The van der Waals surface area contributed by atoms with Crippen molar-refractivity contribution < 1.29 is 13.2 Å². The topological polar surface area (TPSA) is 57.7 Å². The lowest BCUT2D eigenvalue weighted by atomic mass is 10.1. The van der Waals surface area contributed by atoms with Crippen molar-refractivity contribution in [2.24, 2.45) is 0 Å². The number of anilines is 2. The quantitative estimate of drug-likeness (QED) is 0.829. The zero-order chi connectivity index (χ0) is 19.1. The molecule has 0 bridgehead atoms. The highest BCUT2D eigenvalue weighted by atomic mass is 32.2. The number of benzene rings is 2. The summed E-state index contributed by atoms with van der Waals surface area (Å²) < 4.78 is 26.1. The second-order valence-electron chi connectivity index (χ2n) is 6.93. The Morgan fingerprint density at radius 3 is 2.54 bits per heavy atom. The average Bonchev–Trinajstić information content (AvgIpc) is 2.90. The second kappa shape index (κ2) is 6.76. The molecule has 2 aromatic carbocycles. The minimum absolute atomic E-state index is 0.0138. The van der Waals surface area contributed by atoms with E-state index < -0.39 is 10.0 Å². The summed E-state index contributed by atoms with van der Waals surface area (Å²) in [7, 11) is -3.59. The number of sulfonamides is 1. The molecule has 0 N–H and O–H groups in total. The molecule has 1 unspecified atom stereocenters. The maximum Gasteiger partial charge on any atom is 0.248 e. The zero-order valence-corrected chi connectivity index (χ0v) is 16.4. The summed E-state index contributed by atoms with van der Waals surface area (Å²) in [5.41, 5.74) is 4.40. The van der Waals surface area contributed by atoms with Gasteiger partial charge in [-0.15, -0.1) is 0 Å². The van der Waals surface area contributed by atoms with E-state index in [0.29, 0.717) is 5.69 Å². The fraction of sp³-hybridized carbons (Fsp3) is 0.350. The van der Waals surface area contributed by atoms with Gasteiger partial charge in [0.2, 0.25) is 15.9 Å². The molecule has 0 spiro atoms. The molecule has 1 amide bonds. The molecular weight excluding hydrogens is 348 g/mol. The van der Waals surface area contributed by atoms with Gasteiger partial charge in [-0.2, -0.15) is 0 Å². The Kier molecular flexibility index (Phi) is 4.80. The van der Waals surface area contributed by atoms with Crippen LogP contribution in [0.4, 0.5) is 11.4 Å². The van der Waals surface area contributed by atoms with E-state index in [-0.39, 0.29) is 18.5 Å². The molecule has 5 nitrogen and oxygen atoms in total. The van der Waals surface area contributed by atoms with Gasteiger partial charge in [-0.3, -0.25) is 9.10 Å². The summed E-state index contributed by atoms with van der Waals surface area (Å²) in [6.07, 6.45) is 1.92. The van der Waals surface area contributed by atoms with Gasteiger partial charge < -0.3 is 4.90 Å². The third-order valence-electron chi connectivity index (χ3n) is 5.00. The van der Waals surface area contributed by atoms with Gasteiger partial charge in [-0.1, -0.05) is 30.3 Å². The standard InChI is InChI=1S/C20H24N2O3S/c1-14-8-7-11-18(16(14)3)21(26(4,24)25)13-20(23)22-15(2)12-17-9-5-6-10-19(17)22/h5-11,15H,12-13H2,1-4H3. The van der Waals surface area contributed by atoms with Gasteiger partial charge in [-0.25, -0.2) is 8.42 Å². The second-order valence-corrected chi connectivity index (χ2v) is 8.84. The number of aryl methyl sites for hydroxylation is 1. The minimum Gasteiger partial charge on any atom is -0.307 e. The van der Waals surface area contributed by atoms with Crippen LogP contribution in [0.15, 0.2) is 42.5 Å². The van der Waals surface area contributed by atoms with Gasteiger partial charge >= 0.3 is 0 Å². The Morgan fingerprint density at radius 1 is 1.15 bits per heavy atom. The first-order valence-corrected chi connectivity index (χ1v) is 10.5. The first-order valence-electron chi connectivity index (χ1n) is 8.64. The molecule has 0 saturated carbocycles. The molecule has 1 aliphatic rings. The molecule has 1 atom stereocenters. The van der Waals surface area contributed by atoms with Crippen molar-refractivity contribution in [1.82, 2.24) is 0 Å². The maximum atomic E-state index is 13.1. The summed E-state index contributed by atoms with van der Waals surface area (Å²) in [6.45, 7) is 5.59. The zero-order valence-electron chi connectivity index (χ0n) is 15.6. The Bertz CT molecular complexity index is 953. The summed E-state index contributed by atoms with van der Waals surface area (Å²) in [4.78, 5) is 14.8. The number of amides is 1. The Labute approximate surface area is 155 Å². The highest BCUT2D eigenvalue weighted by molar-refractivity contribution is 7.92. The van der Waals surface area contributed by atoms with Crippen LogP contribution in [0.2, 0.25) is 0 Å². The minimum atomic E-state index is -3.59. The van der Waals surface area contributed by atoms with Crippen LogP contribution in [-0.2, 0) is 21.2 Å². The number of hydrogen-bond donors (Lipinski definition) is 0. The van der Waals surface area contributed by atoms with Crippen LogP contribution in [-0.4, -0.2) is 33.2 Å². The normalized spacial score (nSPS) is 16.5. The van der Waals surface area contributed by atoms with Gasteiger partial charge in [0.05, 0.1) is 11.9 Å². The van der Waals surface area contributed by atoms with Gasteiger partial charge in [0.25, 0.3) is 0 Å². The largest absolute Gasteiger partial charge is 0.307 e. The lowest BCUT2D eigenvalue weighted by Gasteiger charge is -2.29. The van der Waals surface area contributed by atoms with E-state index in [1.165, 1.54) is 4.31 Å². The van der Waals surface area contributed by atoms with Gasteiger partial charge in [0, 0.05) is 11.7 Å². The number of carbonyl (C=O) groups excluding carboxylic acids is 1. The molecular formula is C20H24N2O3S. The van der Waals surface area contributed by atoms with Crippen molar-refractivity contribution >= 4 is 27.3 Å². The van der Waals surface area contributed by atoms with E-state index in [0.717, 1.165) is 35.1 Å². The lowest BCUT2D eigenvalue weighted by Crippen LogP contribution is -2.45. The van der Waals surface area contributed by atoms with Crippen LogP contribution < -0.4 is 9.21 Å². The van der Waals surface area contributed by atoms with E-state index in [2.05, 4.69) is 0 Å². The van der Waals surface area contributed by atoms with E-state index in [1.54, 1.807) is 11.0 Å². The third kappa shape index (κ3) is 3.33. The van der Waals surface area contributed by atoms with E-state index >= 15 is 0 Å². The lowest BCUT2D eigenvalue weighted by molar-refractivity contribution is -0.117. The first-order chi connectivity index (χ1) is 12.2. The number of rotatable bonds is 4. The van der Waals surface area contributed by atoms with Gasteiger partial charge in [0.1, 0.15) is 6.54 Å². The van der Waals surface area contributed by atoms with E-state index in [1.807, 2.05) is 57.2 Å². The van der Waals surface area contributed by atoms with Crippen LogP contribution in [0, 0.1) is 13.8 Å². The molecule has 6 heteroatoms. The molecule has 1 heterocycles. The number of nitrogens with zero attached hydrogens (tertiary/aromatic N) is 2. The molecule has 138 valence electrons. The molecule has 0 radical (unpaired) electrons. The molecule has 2 aromatic rings. The van der Waals surface area contributed by atoms with Crippen LogP contribution in [0.1, 0.15) is 23.6 Å². The molecule has 26 heavy (non-hydrogen) atoms. The fourth-order valence-electron chi connectivity index (χ4n) is 3.53.